The maximum absolute atomic E-state index is 4.67. The number of aryl methyl sites for hydroxylation is 2. The Morgan fingerprint density at radius 1 is 0.952 bits per heavy atom. The maximum Gasteiger partial charge on any atom is 0.0954 e. The van der Waals surface area contributed by atoms with E-state index < -0.39 is 0 Å². The van der Waals surface area contributed by atoms with Gasteiger partial charge in [0.1, 0.15) is 0 Å². The minimum Gasteiger partial charge on any atom is -0.329 e. The first-order chi connectivity index (χ1) is 10.4. The molecule has 2 aromatic rings. The highest BCUT2D eigenvalue weighted by Gasteiger charge is 2.13. The molecule has 2 rings (SSSR count). The van der Waals surface area contributed by atoms with E-state index in [9.17, 15) is 0 Å². The number of unbranched alkanes of at least 4 members (excludes halogenated alkanes) is 4. The smallest absolute Gasteiger partial charge is 0.0954 e. The molecular formula is C18H27N3. The number of aromatic nitrogens is 3. The van der Waals surface area contributed by atoms with Crippen LogP contribution in [0.5, 0.6) is 0 Å². The van der Waals surface area contributed by atoms with E-state index in [1.807, 2.05) is 18.6 Å². The van der Waals surface area contributed by atoms with Crippen LogP contribution in [0.1, 0.15) is 58.1 Å². The fraction of sp³-hybridized carbons (Fsp3) is 0.556. The largest absolute Gasteiger partial charge is 0.329 e. The average molecular weight is 285 g/mol. The summed E-state index contributed by atoms with van der Waals surface area (Å²) in [5.41, 5.74) is 3.49. The summed E-state index contributed by atoms with van der Waals surface area (Å²) in [5.74, 6) is 0. The second-order valence-corrected chi connectivity index (χ2v) is 5.61. The Bertz CT molecular complexity index is 489. The first kappa shape index (κ1) is 15.7. The topological polar surface area (TPSA) is 30.7 Å². The molecule has 0 spiro atoms. The zero-order chi connectivity index (χ0) is 14.9. The third-order valence-electron chi connectivity index (χ3n) is 3.84. The van der Waals surface area contributed by atoms with Crippen LogP contribution in [-0.2, 0) is 13.0 Å². The van der Waals surface area contributed by atoms with E-state index in [4.69, 9.17) is 0 Å². The number of nitrogens with zero attached hydrogens (tertiary/aromatic N) is 3. The van der Waals surface area contributed by atoms with Crippen LogP contribution < -0.4 is 0 Å². The summed E-state index contributed by atoms with van der Waals surface area (Å²) in [7, 11) is 0. The molecule has 0 bridgehead atoms. The summed E-state index contributed by atoms with van der Waals surface area (Å²) in [6, 6.07) is 6.12. The summed E-state index contributed by atoms with van der Waals surface area (Å²) >= 11 is 0. The van der Waals surface area contributed by atoms with Gasteiger partial charge in [-0.15, -0.1) is 0 Å². The van der Waals surface area contributed by atoms with Gasteiger partial charge in [0.15, 0.2) is 0 Å². The molecule has 0 saturated heterocycles. The molecule has 21 heavy (non-hydrogen) atoms. The SMILES string of the molecule is CCCCCc1ncn(CCCCC)c1-c1ccccn1. The fourth-order valence-electron chi connectivity index (χ4n) is 2.65. The lowest BCUT2D eigenvalue weighted by Gasteiger charge is -2.09. The normalized spacial score (nSPS) is 11.0. The zero-order valence-electron chi connectivity index (χ0n) is 13.4. The summed E-state index contributed by atoms with van der Waals surface area (Å²) in [6.07, 6.45) is 12.4. The number of imidazole rings is 1. The molecule has 0 aliphatic rings. The van der Waals surface area contributed by atoms with Gasteiger partial charge < -0.3 is 4.57 Å². The quantitative estimate of drug-likeness (QED) is 0.615. The van der Waals surface area contributed by atoms with Gasteiger partial charge in [0.2, 0.25) is 0 Å². The molecule has 0 atom stereocenters. The lowest BCUT2D eigenvalue weighted by Crippen LogP contribution is -2.01. The Kier molecular flexibility index (Phi) is 6.45. The van der Waals surface area contributed by atoms with E-state index in [0.29, 0.717) is 0 Å². The third kappa shape index (κ3) is 4.42. The molecular weight excluding hydrogens is 258 g/mol. The zero-order valence-corrected chi connectivity index (χ0v) is 13.4. The van der Waals surface area contributed by atoms with E-state index in [2.05, 4.69) is 40.5 Å². The van der Waals surface area contributed by atoms with Crippen molar-refractivity contribution in [2.75, 3.05) is 0 Å². The molecule has 0 unspecified atom stereocenters. The van der Waals surface area contributed by atoms with Gasteiger partial charge in [-0.25, -0.2) is 4.98 Å². The van der Waals surface area contributed by atoms with Gasteiger partial charge >= 0.3 is 0 Å². The molecule has 3 nitrogen and oxygen atoms in total. The Hall–Kier alpha value is -1.64. The van der Waals surface area contributed by atoms with Gasteiger partial charge in [-0.1, -0.05) is 45.6 Å². The number of rotatable bonds is 9. The van der Waals surface area contributed by atoms with Gasteiger partial charge in [0, 0.05) is 12.7 Å². The van der Waals surface area contributed by atoms with Crippen molar-refractivity contribution < 1.29 is 0 Å². The second kappa shape index (κ2) is 8.60. The molecule has 2 heterocycles. The van der Waals surface area contributed by atoms with E-state index in [-0.39, 0.29) is 0 Å². The highest BCUT2D eigenvalue weighted by Crippen LogP contribution is 2.23. The first-order valence-corrected chi connectivity index (χ1v) is 8.32. The van der Waals surface area contributed by atoms with Gasteiger partial charge in [-0.05, 0) is 31.4 Å². The van der Waals surface area contributed by atoms with Crippen molar-refractivity contribution >= 4 is 0 Å². The summed E-state index contributed by atoms with van der Waals surface area (Å²) in [5, 5.41) is 0. The maximum atomic E-state index is 4.67. The minimum atomic E-state index is 1.04. The van der Waals surface area contributed by atoms with Crippen LogP contribution in [-0.4, -0.2) is 14.5 Å². The van der Waals surface area contributed by atoms with Crippen LogP contribution in [0, 0.1) is 0 Å². The predicted molar refractivity (Wildman–Crippen MR) is 88.2 cm³/mol. The Balaban J connectivity index is 2.20. The predicted octanol–water partition coefficient (Wildman–Crippen LogP) is 4.87. The molecule has 0 N–H and O–H groups in total. The molecule has 0 aromatic carbocycles. The molecule has 0 amide bonds. The average Bonchev–Trinajstić information content (AvgIpc) is 2.92. The van der Waals surface area contributed by atoms with Gasteiger partial charge in [0.25, 0.3) is 0 Å². The number of pyridine rings is 1. The lowest BCUT2D eigenvalue weighted by molar-refractivity contribution is 0.604. The van der Waals surface area contributed by atoms with Crippen molar-refractivity contribution in [2.45, 2.75) is 65.3 Å². The van der Waals surface area contributed by atoms with Crippen molar-refractivity contribution in [1.29, 1.82) is 0 Å². The van der Waals surface area contributed by atoms with Crippen LogP contribution in [0.2, 0.25) is 0 Å². The Morgan fingerprint density at radius 3 is 2.48 bits per heavy atom. The first-order valence-electron chi connectivity index (χ1n) is 8.32. The number of hydrogen-bond acceptors (Lipinski definition) is 2. The molecule has 3 heteroatoms. The van der Waals surface area contributed by atoms with E-state index >= 15 is 0 Å². The summed E-state index contributed by atoms with van der Waals surface area (Å²) in [6.45, 7) is 5.52. The monoisotopic (exact) mass is 285 g/mol. The van der Waals surface area contributed by atoms with E-state index in [0.717, 1.165) is 18.7 Å². The molecule has 0 aliphatic heterocycles. The minimum absolute atomic E-state index is 1.04. The Labute approximate surface area is 128 Å². The van der Waals surface area contributed by atoms with E-state index in [1.54, 1.807) is 0 Å². The van der Waals surface area contributed by atoms with Crippen molar-refractivity contribution in [3.63, 3.8) is 0 Å². The van der Waals surface area contributed by atoms with Crippen LogP contribution >= 0.6 is 0 Å². The van der Waals surface area contributed by atoms with Crippen LogP contribution in [0.25, 0.3) is 11.4 Å². The highest BCUT2D eigenvalue weighted by molar-refractivity contribution is 5.57. The number of hydrogen-bond donors (Lipinski definition) is 0. The fourth-order valence-corrected chi connectivity index (χ4v) is 2.65. The van der Waals surface area contributed by atoms with Gasteiger partial charge in [-0.2, -0.15) is 0 Å². The summed E-state index contributed by atoms with van der Waals surface area (Å²) in [4.78, 5) is 9.20. The molecule has 0 fully saturated rings. The van der Waals surface area contributed by atoms with Crippen molar-refractivity contribution in [3.05, 3.63) is 36.4 Å². The Morgan fingerprint density at radius 2 is 1.76 bits per heavy atom. The van der Waals surface area contributed by atoms with Crippen LogP contribution in [0.4, 0.5) is 0 Å². The van der Waals surface area contributed by atoms with E-state index in [1.165, 1.54) is 49.9 Å². The van der Waals surface area contributed by atoms with Gasteiger partial charge in [0.05, 0.1) is 23.4 Å². The van der Waals surface area contributed by atoms with Crippen LogP contribution in [0.15, 0.2) is 30.7 Å². The molecule has 114 valence electrons. The lowest BCUT2D eigenvalue weighted by atomic mass is 10.1. The van der Waals surface area contributed by atoms with Crippen molar-refractivity contribution in [3.8, 4) is 11.4 Å². The molecule has 0 saturated carbocycles. The van der Waals surface area contributed by atoms with Crippen molar-refractivity contribution in [2.24, 2.45) is 0 Å². The van der Waals surface area contributed by atoms with Crippen molar-refractivity contribution in [1.82, 2.24) is 14.5 Å². The summed E-state index contributed by atoms with van der Waals surface area (Å²) < 4.78 is 2.29. The standard InChI is InChI=1S/C18H27N3/c1-3-5-7-11-17-18(16-12-8-9-13-19-16)21(15-20-17)14-10-6-4-2/h8-9,12-13,15H,3-7,10-11,14H2,1-2H3. The molecule has 0 aliphatic carbocycles. The van der Waals surface area contributed by atoms with Gasteiger partial charge in [-0.3, -0.25) is 4.98 Å². The second-order valence-electron chi connectivity index (χ2n) is 5.61. The van der Waals surface area contributed by atoms with Crippen LogP contribution in [0.3, 0.4) is 0 Å². The molecule has 2 aromatic heterocycles. The molecule has 0 radical (unpaired) electrons. The highest BCUT2D eigenvalue weighted by atomic mass is 15.1. The third-order valence-corrected chi connectivity index (χ3v) is 3.84.